The molecule has 1 aromatic carbocycles. The molecule has 0 aliphatic rings. The molecule has 0 unspecified atom stereocenters. The number of non-ortho nitro benzene ring substituents is 1. The van der Waals surface area contributed by atoms with Crippen molar-refractivity contribution in [3.63, 3.8) is 0 Å². The second-order valence-electron chi connectivity index (χ2n) is 4.64. The first kappa shape index (κ1) is 16.1. The molecule has 8 nitrogen and oxygen atoms in total. The van der Waals surface area contributed by atoms with Crippen molar-refractivity contribution < 1.29 is 14.5 Å². The number of carbonyl (C=O) groups excluding carboxylic acids is 1. The number of carbonyl (C=O) groups is 1. The molecular weight excluding hydrogens is 358 g/mol. The summed E-state index contributed by atoms with van der Waals surface area (Å²) in [4.78, 5) is 38.7. The van der Waals surface area contributed by atoms with Crippen molar-refractivity contribution in [2.75, 3.05) is 0 Å². The van der Waals surface area contributed by atoms with E-state index < -0.39 is 10.9 Å². The molecule has 10 heteroatoms. The summed E-state index contributed by atoms with van der Waals surface area (Å²) in [5.74, 6) is -0.836. The van der Waals surface area contributed by atoms with Crippen LogP contribution in [-0.4, -0.2) is 20.3 Å². The normalized spacial score (nSPS) is 10.7. The summed E-state index contributed by atoms with van der Waals surface area (Å²) in [6, 6.07) is 4.72. The Morgan fingerprint density at radius 3 is 2.96 bits per heavy atom. The van der Waals surface area contributed by atoms with Crippen molar-refractivity contribution in [1.82, 2.24) is 9.38 Å². The van der Waals surface area contributed by atoms with Gasteiger partial charge in [-0.3, -0.25) is 19.3 Å². The van der Waals surface area contributed by atoms with Crippen molar-refractivity contribution in [1.29, 1.82) is 0 Å². The number of ether oxygens (including phenoxy) is 1. The van der Waals surface area contributed by atoms with Gasteiger partial charge in [-0.05, 0) is 6.07 Å². The Bertz CT molecular complexity index is 1010. The van der Waals surface area contributed by atoms with Crippen molar-refractivity contribution in [2.24, 2.45) is 0 Å². The van der Waals surface area contributed by atoms with E-state index in [1.807, 2.05) is 0 Å². The number of hydrogen-bond acceptors (Lipinski definition) is 7. The van der Waals surface area contributed by atoms with E-state index in [4.69, 9.17) is 16.3 Å². The third kappa shape index (κ3) is 3.12. The average Bonchev–Trinajstić information content (AvgIpc) is 3.02. The summed E-state index contributed by atoms with van der Waals surface area (Å²) in [6.45, 7) is -0.249. The largest absolute Gasteiger partial charge is 0.456 e. The first-order valence-electron chi connectivity index (χ1n) is 6.52. The third-order valence-electron chi connectivity index (χ3n) is 3.09. The van der Waals surface area contributed by atoms with Crippen LogP contribution < -0.4 is 5.56 Å². The van der Waals surface area contributed by atoms with Gasteiger partial charge in [0.2, 0.25) is 0 Å². The second kappa shape index (κ2) is 6.38. The lowest BCUT2D eigenvalue weighted by molar-refractivity contribution is -0.384. The first-order chi connectivity index (χ1) is 11.5. The SMILES string of the molecule is O=C(OCc1cc(=O)n2ccsc2n1)c1cc([N+](=O)[O-])ccc1Cl. The molecule has 122 valence electrons. The minimum absolute atomic E-state index is 0.0346. The summed E-state index contributed by atoms with van der Waals surface area (Å²) in [5, 5.41) is 12.5. The first-order valence-corrected chi connectivity index (χ1v) is 7.78. The van der Waals surface area contributed by atoms with Crippen molar-refractivity contribution >= 4 is 39.6 Å². The van der Waals surface area contributed by atoms with Crippen LogP contribution in [0.4, 0.5) is 5.69 Å². The fourth-order valence-electron chi connectivity index (χ4n) is 1.96. The Hall–Kier alpha value is -2.78. The standard InChI is InChI=1S/C14H8ClN3O5S/c15-11-2-1-9(18(21)22)6-10(11)13(20)23-7-8-5-12(19)17-3-4-24-14(17)16-8/h1-6H,7H2. The van der Waals surface area contributed by atoms with Gasteiger partial charge in [-0.1, -0.05) is 11.6 Å². The van der Waals surface area contributed by atoms with Crippen LogP contribution in [0.1, 0.15) is 16.1 Å². The summed E-state index contributed by atoms with van der Waals surface area (Å²) >= 11 is 7.14. The molecule has 2 aromatic heterocycles. The summed E-state index contributed by atoms with van der Waals surface area (Å²) in [7, 11) is 0. The van der Waals surface area contributed by atoms with Gasteiger partial charge >= 0.3 is 5.97 Å². The molecule has 0 radical (unpaired) electrons. The fraction of sp³-hybridized carbons (Fsp3) is 0.0714. The Morgan fingerprint density at radius 1 is 1.42 bits per heavy atom. The van der Waals surface area contributed by atoms with E-state index >= 15 is 0 Å². The fourth-order valence-corrected chi connectivity index (χ4v) is 2.90. The summed E-state index contributed by atoms with van der Waals surface area (Å²) in [5.41, 5.74) is -0.416. The number of hydrogen-bond donors (Lipinski definition) is 0. The highest BCUT2D eigenvalue weighted by Crippen LogP contribution is 2.23. The van der Waals surface area contributed by atoms with Crippen LogP contribution in [-0.2, 0) is 11.3 Å². The van der Waals surface area contributed by atoms with Crippen LogP contribution in [0, 0.1) is 10.1 Å². The Balaban J connectivity index is 1.81. The minimum atomic E-state index is -0.836. The van der Waals surface area contributed by atoms with Gasteiger partial charge in [0.1, 0.15) is 6.61 Å². The molecule has 0 bridgehead atoms. The van der Waals surface area contributed by atoms with Gasteiger partial charge in [0.05, 0.1) is 21.2 Å². The smallest absolute Gasteiger partial charge is 0.340 e. The lowest BCUT2D eigenvalue weighted by Gasteiger charge is -2.06. The Morgan fingerprint density at radius 2 is 2.21 bits per heavy atom. The number of benzene rings is 1. The number of aromatic nitrogens is 2. The maximum absolute atomic E-state index is 12.1. The number of nitro benzene ring substituents is 1. The molecule has 0 spiro atoms. The van der Waals surface area contributed by atoms with E-state index in [1.54, 1.807) is 11.6 Å². The van der Waals surface area contributed by atoms with Crippen molar-refractivity contribution in [3.05, 3.63) is 72.6 Å². The van der Waals surface area contributed by atoms with Crippen LogP contribution in [0.25, 0.3) is 4.96 Å². The number of halogens is 1. The van der Waals surface area contributed by atoms with Crippen LogP contribution in [0.2, 0.25) is 5.02 Å². The van der Waals surface area contributed by atoms with Crippen molar-refractivity contribution in [3.8, 4) is 0 Å². The van der Waals surface area contributed by atoms with Crippen molar-refractivity contribution in [2.45, 2.75) is 6.61 Å². The number of nitro groups is 1. The zero-order valence-corrected chi connectivity index (χ0v) is 13.4. The van der Waals surface area contributed by atoms with Crippen LogP contribution in [0.3, 0.4) is 0 Å². The molecule has 0 N–H and O–H groups in total. The zero-order chi connectivity index (χ0) is 17.3. The maximum Gasteiger partial charge on any atom is 0.340 e. The van der Waals surface area contributed by atoms with E-state index in [1.165, 1.54) is 33.9 Å². The monoisotopic (exact) mass is 365 g/mol. The molecule has 0 fully saturated rings. The molecule has 0 aliphatic carbocycles. The molecule has 0 atom stereocenters. The summed E-state index contributed by atoms with van der Waals surface area (Å²) in [6.07, 6.45) is 1.59. The van der Waals surface area contributed by atoms with Crippen LogP contribution in [0.5, 0.6) is 0 Å². The molecule has 2 heterocycles. The highest BCUT2D eigenvalue weighted by atomic mass is 35.5. The van der Waals surface area contributed by atoms with Gasteiger partial charge in [-0.25, -0.2) is 9.78 Å². The maximum atomic E-state index is 12.1. The Labute approximate surface area is 143 Å². The summed E-state index contributed by atoms with van der Waals surface area (Å²) < 4.78 is 6.43. The van der Waals surface area contributed by atoms with Gasteiger partial charge in [-0.2, -0.15) is 0 Å². The van der Waals surface area contributed by atoms with Gasteiger partial charge in [-0.15, -0.1) is 11.3 Å². The van der Waals surface area contributed by atoms with Gasteiger partial charge in [0.15, 0.2) is 4.96 Å². The van der Waals surface area contributed by atoms with E-state index in [0.29, 0.717) is 4.96 Å². The lowest BCUT2D eigenvalue weighted by atomic mass is 10.2. The molecule has 0 aliphatic heterocycles. The second-order valence-corrected chi connectivity index (χ2v) is 5.92. The van der Waals surface area contributed by atoms with E-state index in [2.05, 4.69) is 4.98 Å². The molecular formula is C14H8ClN3O5S. The zero-order valence-electron chi connectivity index (χ0n) is 11.8. The van der Waals surface area contributed by atoms with Gasteiger partial charge in [0, 0.05) is 29.8 Å². The molecule has 0 saturated carbocycles. The predicted octanol–water partition coefficient (Wildman–Crippen LogP) is 2.67. The number of fused-ring (bicyclic) bond motifs is 1. The molecule has 3 rings (SSSR count). The molecule has 0 saturated heterocycles. The number of esters is 1. The number of nitrogens with zero attached hydrogens (tertiary/aromatic N) is 3. The highest BCUT2D eigenvalue weighted by molar-refractivity contribution is 7.15. The van der Waals surface area contributed by atoms with E-state index in [-0.39, 0.29) is 34.1 Å². The number of thiazole rings is 1. The van der Waals surface area contributed by atoms with Crippen LogP contribution >= 0.6 is 22.9 Å². The minimum Gasteiger partial charge on any atom is -0.456 e. The van der Waals surface area contributed by atoms with Crippen LogP contribution in [0.15, 0.2) is 40.6 Å². The highest BCUT2D eigenvalue weighted by Gasteiger charge is 2.17. The topological polar surface area (TPSA) is 104 Å². The molecule has 3 aromatic rings. The van der Waals surface area contributed by atoms with E-state index in [9.17, 15) is 19.7 Å². The Kier molecular flexibility index (Phi) is 4.28. The quantitative estimate of drug-likeness (QED) is 0.400. The third-order valence-corrected chi connectivity index (χ3v) is 4.17. The van der Waals surface area contributed by atoms with E-state index in [0.717, 1.165) is 6.07 Å². The average molecular weight is 366 g/mol. The predicted molar refractivity (Wildman–Crippen MR) is 86.6 cm³/mol. The lowest BCUT2D eigenvalue weighted by Crippen LogP contribution is -2.15. The van der Waals surface area contributed by atoms with Gasteiger partial charge < -0.3 is 4.74 Å². The molecule has 24 heavy (non-hydrogen) atoms. The molecule has 0 amide bonds. The van der Waals surface area contributed by atoms with Gasteiger partial charge in [0.25, 0.3) is 11.2 Å². The number of rotatable bonds is 4.